The zero-order valence-electron chi connectivity index (χ0n) is 7.47. The third-order valence-electron chi connectivity index (χ3n) is 2.73. The Morgan fingerprint density at radius 2 is 1.38 bits per heavy atom. The van der Waals surface area contributed by atoms with Gasteiger partial charge in [0, 0.05) is 0 Å². The summed E-state index contributed by atoms with van der Waals surface area (Å²) < 4.78 is 11.6. The quantitative estimate of drug-likeness (QED) is 0.640. The van der Waals surface area contributed by atoms with Crippen LogP contribution >= 0.6 is 31.9 Å². The summed E-state index contributed by atoms with van der Waals surface area (Å²) in [6.45, 7) is 1.65. The first-order valence-electron chi connectivity index (χ1n) is 4.82. The molecule has 0 saturated carbocycles. The van der Waals surface area contributed by atoms with Crippen LogP contribution in [-0.4, -0.2) is 28.7 Å². The van der Waals surface area contributed by atoms with E-state index in [1.807, 2.05) is 0 Å². The van der Waals surface area contributed by atoms with Crippen LogP contribution in [0.5, 0.6) is 0 Å². The second-order valence-corrected chi connectivity index (χ2v) is 5.85. The first-order chi connectivity index (χ1) is 6.26. The molecule has 0 aromatic heterocycles. The van der Waals surface area contributed by atoms with Crippen molar-refractivity contribution in [1.29, 1.82) is 0 Å². The van der Waals surface area contributed by atoms with Crippen molar-refractivity contribution in [3.05, 3.63) is 0 Å². The normalized spacial score (nSPS) is 39.2. The highest BCUT2D eigenvalue weighted by Crippen LogP contribution is 2.42. The average molecular weight is 314 g/mol. The third-order valence-corrected chi connectivity index (χ3v) is 4.92. The first-order valence-corrected chi connectivity index (χ1v) is 6.65. The van der Waals surface area contributed by atoms with Crippen LogP contribution in [0, 0.1) is 0 Å². The van der Waals surface area contributed by atoms with Gasteiger partial charge >= 0.3 is 0 Å². The van der Waals surface area contributed by atoms with E-state index in [1.54, 1.807) is 0 Å². The molecule has 1 spiro atoms. The van der Waals surface area contributed by atoms with Crippen molar-refractivity contribution in [3.8, 4) is 0 Å². The summed E-state index contributed by atoms with van der Waals surface area (Å²) in [5.41, 5.74) is 0. The van der Waals surface area contributed by atoms with Crippen LogP contribution in [0.25, 0.3) is 0 Å². The van der Waals surface area contributed by atoms with Crippen LogP contribution in [0.15, 0.2) is 0 Å². The van der Waals surface area contributed by atoms with Crippen molar-refractivity contribution >= 4 is 31.9 Å². The Balaban J connectivity index is 2.13. The minimum Gasteiger partial charge on any atom is -0.348 e. The summed E-state index contributed by atoms with van der Waals surface area (Å²) in [5, 5.41) is 0. The van der Waals surface area contributed by atoms with E-state index in [0.29, 0.717) is 9.65 Å². The maximum absolute atomic E-state index is 5.81. The number of halogens is 2. The molecule has 0 aromatic carbocycles. The molecule has 2 nitrogen and oxygen atoms in total. The number of rotatable bonds is 0. The summed E-state index contributed by atoms with van der Waals surface area (Å²) in [7, 11) is 0. The Hall–Kier alpha value is 0.880. The van der Waals surface area contributed by atoms with Gasteiger partial charge in [-0.05, 0) is 25.7 Å². The van der Waals surface area contributed by atoms with Gasteiger partial charge in [0.1, 0.15) is 0 Å². The zero-order chi connectivity index (χ0) is 9.31. The molecule has 2 atom stereocenters. The Kier molecular flexibility index (Phi) is 3.34. The molecule has 0 bridgehead atoms. The van der Waals surface area contributed by atoms with E-state index in [9.17, 15) is 0 Å². The van der Waals surface area contributed by atoms with Gasteiger partial charge in [-0.2, -0.15) is 0 Å². The second kappa shape index (κ2) is 4.17. The Morgan fingerprint density at radius 1 is 0.923 bits per heavy atom. The van der Waals surface area contributed by atoms with Gasteiger partial charge in [0.2, 0.25) is 0 Å². The number of hydrogen-bond donors (Lipinski definition) is 0. The van der Waals surface area contributed by atoms with E-state index in [-0.39, 0.29) is 0 Å². The van der Waals surface area contributed by atoms with Crippen LogP contribution in [0.1, 0.15) is 25.7 Å². The van der Waals surface area contributed by atoms with E-state index in [2.05, 4.69) is 31.9 Å². The van der Waals surface area contributed by atoms with Crippen LogP contribution in [0.2, 0.25) is 0 Å². The summed E-state index contributed by atoms with van der Waals surface area (Å²) in [5.74, 6) is -0.392. The molecule has 4 heteroatoms. The highest BCUT2D eigenvalue weighted by atomic mass is 79.9. The van der Waals surface area contributed by atoms with E-state index >= 15 is 0 Å². The minimum absolute atomic E-state index is 0.332. The van der Waals surface area contributed by atoms with Crippen molar-refractivity contribution in [2.75, 3.05) is 13.2 Å². The third kappa shape index (κ3) is 1.83. The molecule has 0 radical (unpaired) electrons. The van der Waals surface area contributed by atoms with Crippen LogP contribution in [-0.2, 0) is 9.47 Å². The number of alkyl halides is 2. The molecule has 76 valence electrons. The molecule has 2 aliphatic rings. The van der Waals surface area contributed by atoms with E-state index in [0.717, 1.165) is 38.9 Å². The molecule has 0 N–H and O–H groups in total. The van der Waals surface area contributed by atoms with Gasteiger partial charge in [0.15, 0.2) is 5.79 Å². The Bertz CT molecular complexity index is 166. The molecule has 0 amide bonds. The molecule has 2 rings (SSSR count). The predicted molar refractivity (Wildman–Crippen MR) is 58.5 cm³/mol. The largest absolute Gasteiger partial charge is 0.348 e. The lowest BCUT2D eigenvalue weighted by Gasteiger charge is -2.46. The van der Waals surface area contributed by atoms with Crippen molar-refractivity contribution in [3.63, 3.8) is 0 Å². The molecule has 2 heterocycles. The van der Waals surface area contributed by atoms with Gasteiger partial charge in [0.05, 0.1) is 22.9 Å². The Labute approximate surface area is 95.6 Å². The summed E-state index contributed by atoms with van der Waals surface area (Å²) >= 11 is 7.33. The zero-order valence-corrected chi connectivity index (χ0v) is 10.6. The fraction of sp³-hybridized carbons (Fsp3) is 1.00. The van der Waals surface area contributed by atoms with Crippen molar-refractivity contribution in [1.82, 2.24) is 0 Å². The molecular weight excluding hydrogens is 300 g/mol. The van der Waals surface area contributed by atoms with Gasteiger partial charge in [0.25, 0.3) is 0 Å². The highest BCUT2D eigenvalue weighted by Gasteiger charge is 2.49. The lowest BCUT2D eigenvalue weighted by atomic mass is 9.97. The topological polar surface area (TPSA) is 18.5 Å². The SMILES string of the molecule is Br[C@H]1CCCOC12OCCC[C@@H]2Br. The summed E-state index contributed by atoms with van der Waals surface area (Å²) in [6, 6.07) is 0. The molecule has 0 unspecified atom stereocenters. The van der Waals surface area contributed by atoms with Crippen LogP contribution in [0.4, 0.5) is 0 Å². The maximum atomic E-state index is 5.81. The van der Waals surface area contributed by atoms with Crippen LogP contribution in [0.3, 0.4) is 0 Å². The molecule has 2 fully saturated rings. The monoisotopic (exact) mass is 312 g/mol. The smallest absolute Gasteiger partial charge is 0.193 e. The molecule has 2 saturated heterocycles. The van der Waals surface area contributed by atoms with Crippen LogP contribution < -0.4 is 0 Å². The van der Waals surface area contributed by atoms with Gasteiger partial charge in [-0.25, -0.2) is 0 Å². The van der Waals surface area contributed by atoms with Gasteiger partial charge < -0.3 is 9.47 Å². The molecule has 0 aromatic rings. The van der Waals surface area contributed by atoms with Crippen molar-refractivity contribution in [2.24, 2.45) is 0 Å². The highest BCUT2D eigenvalue weighted by molar-refractivity contribution is 9.10. The lowest BCUT2D eigenvalue weighted by Crippen LogP contribution is -2.56. The molecule has 2 aliphatic heterocycles. The fourth-order valence-electron chi connectivity index (χ4n) is 1.99. The summed E-state index contributed by atoms with van der Waals surface area (Å²) in [4.78, 5) is 0.664. The Morgan fingerprint density at radius 3 is 1.77 bits per heavy atom. The first kappa shape index (κ1) is 10.4. The van der Waals surface area contributed by atoms with Gasteiger partial charge in [-0.1, -0.05) is 31.9 Å². The van der Waals surface area contributed by atoms with E-state index in [1.165, 1.54) is 0 Å². The fourth-order valence-corrected chi connectivity index (χ4v) is 4.16. The summed E-state index contributed by atoms with van der Waals surface area (Å²) in [6.07, 6.45) is 4.53. The number of ether oxygens (including phenoxy) is 2. The van der Waals surface area contributed by atoms with Gasteiger partial charge in [-0.15, -0.1) is 0 Å². The maximum Gasteiger partial charge on any atom is 0.193 e. The minimum atomic E-state index is -0.392. The average Bonchev–Trinajstić information content (AvgIpc) is 2.15. The van der Waals surface area contributed by atoms with E-state index in [4.69, 9.17) is 9.47 Å². The molecule has 13 heavy (non-hydrogen) atoms. The van der Waals surface area contributed by atoms with Crippen molar-refractivity contribution < 1.29 is 9.47 Å². The number of hydrogen-bond acceptors (Lipinski definition) is 2. The van der Waals surface area contributed by atoms with Crippen molar-refractivity contribution in [2.45, 2.75) is 41.1 Å². The standard InChI is InChI=1S/C9H14Br2O2/c10-7-3-1-5-12-9(7)8(11)4-2-6-13-9/h7-8H,1-6H2/t7-,8-,9?/m0/s1. The van der Waals surface area contributed by atoms with E-state index < -0.39 is 5.79 Å². The second-order valence-electron chi connectivity index (χ2n) is 3.64. The predicted octanol–water partition coefficient (Wildman–Crippen LogP) is 2.83. The molecular formula is C9H14Br2O2. The van der Waals surface area contributed by atoms with Gasteiger partial charge in [-0.3, -0.25) is 0 Å². The lowest BCUT2D eigenvalue weighted by molar-refractivity contribution is -0.261. The molecule has 0 aliphatic carbocycles.